The molecule has 1 heterocycles. The summed E-state index contributed by atoms with van der Waals surface area (Å²) in [5, 5.41) is 10.1. The summed E-state index contributed by atoms with van der Waals surface area (Å²) in [7, 11) is 0. The van der Waals surface area contributed by atoms with Crippen molar-refractivity contribution in [1.29, 1.82) is 0 Å². The molecule has 0 bridgehead atoms. The van der Waals surface area contributed by atoms with Crippen LogP contribution in [-0.4, -0.2) is 40.1 Å². The number of aryl methyl sites for hydroxylation is 1. The highest BCUT2D eigenvalue weighted by molar-refractivity contribution is 6.18. The molecule has 3 rings (SSSR count). The number of aromatic nitrogens is 2. The molecular weight excluding hydrogens is 415 g/mol. The van der Waals surface area contributed by atoms with Crippen LogP contribution in [0.25, 0.3) is 0 Å². The maximum atomic E-state index is 12.8. The third-order valence-electron chi connectivity index (χ3n) is 4.70. The lowest BCUT2D eigenvalue weighted by molar-refractivity contribution is -0.117. The molecule has 0 radical (unpaired) electrons. The third kappa shape index (κ3) is 5.87. The van der Waals surface area contributed by atoms with Crippen LogP contribution in [0.2, 0.25) is 0 Å². The zero-order chi connectivity index (χ0) is 20.8. The molecule has 2 amide bonds. The lowest BCUT2D eigenvalue weighted by atomic mass is 10.00. The van der Waals surface area contributed by atoms with Crippen LogP contribution in [0.3, 0.4) is 0 Å². The minimum Gasteiger partial charge on any atom is -0.448 e. The zero-order valence-corrected chi connectivity index (χ0v) is 17.7. The summed E-state index contributed by atoms with van der Waals surface area (Å²) < 4.78 is 6.62. The first-order valence-electron chi connectivity index (χ1n) is 9.56. The first kappa shape index (κ1) is 21.5. The Bertz CT molecular complexity index is 850. The van der Waals surface area contributed by atoms with Gasteiger partial charge in [-0.15, -0.1) is 23.2 Å². The number of nitrogens with one attached hydrogen (secondary N) is 2. The molecule has 1 aromatic heterocycles. The summed E-state index contributed by atoms with van der Waals surface area (Å²) >= 11 is 11.4. The van der Waals surface area contributed by atoms with Crippen LogP contribution in [0.1, 0.15) is 42.9 Å². The van der Waals surface area contributed by atoms with E-state index in [1.165, 1.54) is 0 Å². The highest BCUT2D eigenvalue weighted by Gasteiger charge is 2.28. The molecule has 7 nitrogen and oxygen atoms in total. The second-order valence-electron chi connectivity index (χ2n) is 6.92. The number of carbonyl (C=O) groups excluding carboxylic acids is 2. The van der Waals surface area contributed by atoms with Gasteiger partial charge in [-0.1, -0.05) is 12.1 Å². The summed E-state index contributed by atoms with van der Waals surface area (Å²) in [6.45, 7) is 2.51. The zero-order valence-electron chi connectivity index (χ0n) is 16.2. The van der Waals surface area contributed by atoms with E-state index >= 15 is 0 Å². The Labute approximate surface area is 179 Å². The molecule has 0 spiro atoms. The molecule has 9 heteroatoms. The molecule has 1 fully saturated rings. The number of halogens is 2. The average molecular weight is 439 g/mol. The Morgan fingerprint density at radius 1 is 1.21 bits per heavy atom. The Morgan fingerprint density at radius 2 is 1.93 bits per heavy atom. The molecule has 29 heavy (non-hydrogen) atoms. The van der Waals surface area contributed by atoms with Crippen molar-refractivity contribution in [1.82, 2.24) is 9.78 Å². The van der Waals surface area contributed by atoms with Gasteiger partial charge < -0.3 is 10.1 Å². The van der Waals surface area contributed by atoms with Gasteiger partial charge in [0.2, 0.25) is 5.91 Å². The number of anilines is 2. The van der Waals surface area contributed by atoms with E-state index in [1.807, 2.05) is 13.0 Å². The molecule has 2 aromatic rings. The van der Waals surface area contributed by atoms with Crippen LogP contribution in [0, 0.1) is 0 Å². The smallest absolute Gasteiger partial charge is 0.411 e. The number of hydrogen-bond acceptors (Lipinski definition) is 4. The molecule has 1 atom stereocenters. The number of alkyl halides is 2. The van der Waals surface area contributed by atoms with Crippen LogP contribution in [-0.2, 0) is 16.1 Å². The highest BCUT2D eigenvalue weighted by atomic mass is 35.5. The molecule has 0 aliphatic heterocycles. The summed E-state index contributed by atoms with van der Waals surface area (Å²) in [5.41, 5.74) is 2.41. The molecule has 1 aliphatic carbocycles. The molecule has 156 valence electrons. The summed E-state index contributed by atoms with van der Waals surface area (Å²) in [4.78, 5) is 24.3. The minimum atomic E-state index is -0.566. The predicted octanol–water partition coefficient (Wildman–Crippen LogP) is 4.53. The number of nitrogens with zero attached hydrogens (tertiary/aromatic N) is 2. The van der Waals surface area contributed by atoms with E-state index in [2.05, 4.69) is 15.7 Å². The Hall–Kier alpha value is -2.25. The van der Waals surface area contributed by atoms with Crippen molar-refractivity contribution in [2.24, 2.45) is 0 Å². The van der Waals surface area contributed by atoms with Gasteiger partial charge in [0.15, 0.2) is 0 Å². The van der Waals surface area contributed by atoms with Crippen LogP contribution in [0.15, 0.2) is 30.3 Å². The largest absolute Gasteiger partial charge is 0.448 e. The Balaban J connectivity index is 1.62. The molecule has 1 aliphatic rings. The van der Waals surface area contributed by atoms with E-state index in [4.69, 9.17) is 27.9 Å². The normalized spacial score (nSPS) is 14.3. The summed E-state index contributed by atoms with van der Waals surface area (Å²) in [5.74, 6) is 1.32. The van der Waals surface area contributed by atoms with Crippen LogP contribution in [0.5, 0.6) is 0 Å². The average Bonchev–Trinajstić information content (AvgIpc) is 3.49. The van der Waals surface area contributed by atoms with Crippen LogP contribution >= 0.6 is 23.2 Å². The number of rotatable bonds is 9. The van der Waals surface area contributed by atoms with Crippen molar-refractivity contribution < 1.29 is 14.3 Å². The number of ether oxygens (including phenoxy) is 1. The second kappa shape index (κ2) is 9.98. The summed E-state index contributed by atoms with van der Waals surface area (Å²) in [6.07, 6.45) is 1.71. The Morgan fingerprint density at radius 3 is 2.55 bits per heavy atom. The Kier molecular flexibility index (Phi) is 7.39. The van der Waals surface area contributed by atoms with Crippen molar-refractivity contribution in [2.75, 3.05) is 29.0 Å². The third-order valence-corrected chi connectivity index (χ3v) is 5.03. The molecule has 1 unspecified atom stereocenters. The fourth-order valence-electron chi connectivity index (χ4n) is 2.89. The lowest BCUT2D eigenvalue weighted by Gasteiger charge is -2.14. The van der Waals surface area contributed by atoms with Crippen LogP contribution < -0.4 is 10.6 Å². The number of carbonyl (C=O) groups is 2. The van der Waals surface area contributed by atoms with Gasteiger partial charge in [-0.2, -0.15) is 5.10 Å². The maximum Gasteiger partial charge on any atom is 0.411 e. The van der Waals surface area contributed by atoms with Gasteiger partial charge in [0.05, 0.1) is 24.0 Å². The number of benzene rings is 1. The van der Waals surface area contributed by atoms with E-state index in [0.29, 0.717) is 29.8 Å². The topological polar surface area (TPSA) is 85.3 Å². The van der Waals surface area contributed by atoms with Crippen molar-refractivity contribution in [3.05, 3.63) is 41.6 Å². The standard InChI is InChI=1S/C20H24Cl2N4O3/c1-13(14-4-6-16(7-5-14)23-20(28)29-11-9-22)19(27)24-18-12-17(15-2-3-15)25-26(18)10-8-21/h4-7,12-13,15H,2-3,8-11H2,1H3,(H,23,28)(H,24,27). The van der Waals surface area contributed by atoms with Gasteiger partial charge in [-0.25, -0.2) is 9.48 Å². The van der Waals surface area contributed by atoms with E-state index in [-0.39, 0.29) is 24.3 Å². The molecule has 2 N–H and O–H groups in total. The molecular formula is C20H24Cl2N4O3. The van der Waals surface area contributed by atoms with Crippen molar-refractivity contribution in [3.8, 4) is 0 Å². The minimum absolute atomic E-state index is 0.134. The van der Waals surface area contributed by atoms with Crippen molar-refractivity contribution in [3.63, 3.8) is 0 Å². The van der Waals surface area contributed by atoms with Gasteiger partial charge in [-0.05, 0) is 37.5 Å². The first-order valence-corrected chi connectivity index (χ1v) is 10.6. The van der Waals surface area contributed by atoms with Gasteiger partial charge in [0.25, 0.3) is 0 Å². The van der Waals surface area contributed by atoms with Gasteiger partial charge in [0, 0.05) is 23.6 Å². The molecule has 0 saturated heterocycles. The van der Waals surface area contributed by atoms with Crippen molar-refractivity contribution >= 4 is 46.7 Å². The van der Waals surface area contributed by atoms with E-state index in [0.717, 1.165) is 24.1 Å². The van der Waals surface area contributed by atoms with Gasteiger partial charge >= 0.3 is 6.09 Å². The van der Waals surface area contributed by atoms with E-state index in [1.54, 1.807) is 28.9 Å². The van der Waals surface area contributed by atoms with E-state index < -0.39 is 6.09 Å². The van der Waals surface area contributed by atoms with Gasteiger partial charge in [-0.3, -0.25) is 10.1 Å². The second-order valence-corrected chi connectivity index (χ2v) is 7.68. The van der Waals surface area contributed by atoms with Crippen LogP contribution in [0.4, 0.5) is 16.3 Å². The monoisotopic (exact) mass is 438 g/mol. The fourth-order valence-corrected chi connectivity index (χ4v) is 3.13. The SMILES string of the molecule is CC(C(=O)Nc1cc(C2CC2)nn1CCCl)c1ccc(NC(=O)OCCCl)cc1. The number of hydrogen-bond donors (Lipinski definition) is 2. The lowest BCUT2D eigenvalue weighted by Crippen LogP contribution is -2.21. The van der Waals surface area contributed by atoms with E-state index in [9.17, 15) is 9.59 Å². The number of amides is 2. The highest BCUT2D eigenvalue weighted by Crippen LogP contribution is 2.40. The van der Waals surface area contributed by atoms with Crippen molar-refractivity contribution in [2.45, 2.75) is 38.1 Å². The maximum absolute atomic E-state index is 12.8. The first-order chi connectivity index (χ1) is 14.0. The quantitative estimate of drug-likeness (QED) is 0.563. The van der Waals surface area contributed by atoms with Gasteiger partial charge in [0.1, 0.15) is 12.4 Å². The summed E-state index contributed by atoms with van der Waals surface area (Å²) in [6, 6.07) is 8.99. The molecule has 1 saturated carbocycles. The molecule has 1 aromatic carbocycles. The fraction of sp³-hybridized carbons (Fsp3) is 0.450. The predicted molar refractivity (Wildman–Crippen MR) is 114 cm³/mol.